The Bertz CT molecular complexity index is 398. The molecule has 0 bridgehead atoms. The van der Waals surface area contributed by atoms with E-state index in [4.69, 9.17) is 0 Å². The maximum atomic E-state index is 11.6. The second-order valence-corrected chi connectivity index (χ2v) is 3.43. The number of carbonyl (C=O) groups is 2. The molecule has 6 heteroatoms. The van der Waals surface area contributed by atoms with Gasteiger partial charge in [0.1, 0.15) is 5.69 Å². The first-order chi connectivity index (χ1) is 7.54. The van der Waals surface area contributed by atoms with Gasteiger partial charge in [-0.15, -0.1) is 0 Å². The largest absolute Gasteiger partial charge is 0.355 e. The molecule has 88 valence electrons. The summed E-state index contributed by atoms with van der Waals surface area (Å²) < 4.78 is 1.49. The first-order valence-electron chi connectivity index (χ1n) is 5.10. The number of hydrogen-bond acceptors (Lipinski definition) is 3. The highest BCUT2D eigenvalue weighted by Gasteiger charge is 2.12. The molecule has 2 amide bonds. The smallest absolute Gasteiger partial charge is 0.269 e. The zero-order valence-electron chi connectivity index (χ0n) is 9.70. The highest BCUT2D eigenvalue weighted by Crippen LogP contribution is 2.00. The van der Waals surface area contributed by atoms with E-state index in [1.54, 1.807) is 20.0 Å². The number of aryl methyl sites for hydroxylation is 2. The molecule has 0 atom stereocenters. The molecule has 1 heterocycles. The third kappa shape index (κ3) is 3.08. The summed E-state index contributed by atoms with van der Waals surface area (Å²) in [4.78, 5) is 22.8. The van der Waals surface area contributed by atoms with Crippen molar-refractivity contribution in [3.8, 4) is 0 Å². The van der Waals surface area contributed by atoms with E-state index in [0.29, 0.717) is 12.2 Å². The van der Waals surface area contributed by atoms with Gasteiger partial charge in [-0.1, -0.05) is 0 Å². The highest BCUT2D eigenvalue weighted by molar-refractivity contribution is 5.95. The zero-order valence-corrected chi connectivity index (χ0v) is 9.70. The number of carbonyl (C=O) groups excluding carboxylic acids is 2. The molecule has 1 aromatic heterocycles. The molecule has 0 spiro atoms. The van der Waals surface area contributed by atoms with Gasteiger partial charge in [-0.3, -0.25) is 14.3 Å². The monoisotopic (exact) mass is 224 g/mol. The van der Waals surface area contributed by atoms with Gasteiger partial charge in [0.15, 0.2) is 0 Å². The van der Waals surface area contributed by atoms with Crippen LogP contribution >= 0.6 is 0 Å². The number of rotatable bonds is 4. The van der Waals surface area contributed by atoms with Crippen molar-refractivity contribution in [1.82, 2.24) is 20.4 Å². The molecule has 16 heavy (non-hydrogen) atoms. The number of likely N-dealkylation sites (N-methyl/N-ethyl adjacent to an activating group) is 1. The molecule has 0 saturated carbocycles. The topological polar surface area (TPSA) is 76.0 Å². The van der Waals surface area contributed by atoms with Gasteiger partial charge in [-0.2, -0.15) is 5.10 Å². The van der Waals surface area contributed by atoms with E-state index >= 15 is 0 Å². The molecule has 0 aliphatic carbocycles. The molecule has 0 aliphatic heterocycles. The average molecular weight is 224 g/mol. The van der Waals surface area contributed by atoms with E-state index in [1.807, 2.05) is 6.92 Å². The molecule has 0 saturated heterocycles. The standard InChI is InChI=1S/C10H16N4O2/c1-4-11-9(15)6-12-10(16)8-5-7(2)13-14(8)3/h5H,4,6H2,1-3H3,(H,11,15)(H,12,16). The molecule has 0 unspecified atom stereocenters. The van der Waals surface area contributed by atoms with Crippen LogP contribution in [0, 0.1) is 6.92 Å². The van der Waals surface area contributed by atoms with E-state index in [2.05, 4.69) is 15.7 Å². The predicted octanol–water partition coefficient (Wildman–Crippen LogP) is -0.406. The molecule has 0 aromatic carbocycles. The van der Waals surface area contributed by atoms with Gasteiger partial charge in [0.05, 0.1) is 12.2 Å². The van der Waals surface area contributed by atoms with Gasteiger partial charge in [0.2, 0.25) is 5.91 Å². The Morgan fingerprint density at radius 3 is 2.62 bits per heavy atom. The average Bonchev–Trinajstić information content (AvgIpc) is 2.55. The Labute approximate surface area is 94.0 Å². The van der Waals surface area contributed by atoms with Crippen molar-refractivity contribution < 1.29 is 9.59 Å². The molecule has 1 aromatic rings. The highest BCUT2D eigenvalue weighted by atomic mass is 16.2. The summed E-state index contributed by atoms with van der Waals surface area (Å²) in [5.74, 6) is -0.496. The summed E-state index contributed by atoms with van der Waals surface area (Å²) in [6.45, 7) is 4.17. The minimum absolute atomic E-state index is 0.0170. The SMILES string of the molecule is CCNC(=O)CNC(=O)c1cc(C)nn1C. The van der Waals surface area contributed by atoms with Gasteiger partial charge >= 0.3 is 0 Å². The quantitative estimate of drug-likeness (QED) is 0.730. The third-order valence-corrected chi connectivity index (χ3v) is 2.02. The predicted molar refractivity (Wildman–Crippen MR) is 59.0 cm³/mol. The van der Waals surface area contributed by atoms with Crippen molar-refractivity contribution in [2.24, 2.45) is 7.05 Å². The molecule has 1 rings (SSSR count). The second kappa shape index (κ2) is 5.29. The van der Waals surface area contributed by atoms with Gasteiger partial charge in [0, 0.05) is 13.6 Å². The van der Waals surface area contributed by atoms with E-state index in [9.17, 15) is 9.59 Å². The summed E-state index contributed by atoms with van der Waals surface area (Å²) >= 11 is 0. The fraction of sp³-hybridized carbons (Fsp3) is 0.500. The van der Waals surface area contributed by atoms with Crippen LogP contribution < -0.4 is 10.6 Å². The number of nitrogens with zero attached hydrogens (tertiary/aromatic N) is 2. The van der Waals surface area contributed by atoms with Crippen LogP contribution in [-0.2, 0) is 11.8 Å². The van der Waals surface area contributed by atoms with Gasteiger partial charge in [-0.25, -0.2) is 0 Å². The number of nitrogens with one attached hydrogen (secondary N) is 2. The van der Waals surface area contributed by atoms with Gasteiger partial charge in [-0.05, 0) is 19.9 Å². The summed E-state index contributed by atoms with van der Waals surface area (Å²) in [6.07, 6.45) is 0. The van der Waals surface area contributed by atoms with Gasteiger partial charge in [0.25, 0.3) is 5.91 Å². The van der Waals surface area contributed by atoms with Crippen LogP contribution in [0.25, 0.3) is 0 Å². The Kier molecular flexibility index (Phi) is 4.04. The van der Waals surface area contributed by atoms with Crippen molar-refractivity contribution in [3.63, 3.8) is 0 Å². The lowest BCUT2D eigenvalue weighted by Crippen LogP contribution is -2.37. The Morgan fingerprint density at radius 2 is 2.12 bits per heavy atom. The summed E-state index contributed by atoms with van der Waals surface area (Å²) in [5, 5.41) is 9.17. The van der Waals surface area contributed by atoms with Crippen LogP contribution in [0.4, 0.5) is 0 Å². The van der Waals surface area contributed by atoms with Crippen LogP contribution in [0.15, 0.2) is 6.07 Å². The summed E-state index contributed by atoms with van der Waals surface area (Å²) in [7, 11) is 1.69. The molecular weight excluding hydrogens is 208 g/mol. The van der Waals surface area contributed by atoms with Crippen molar-refractivity contribution in [2.75, 3.05) is 13.1 Å². The van der Waals surface area contributed by atoms with Crippen LogP contribution in [0.3, 0.4) is 0 Å². The Hall–Kier alpha value is -1.85. The molecular formula is C10H16N4O2. The zero-order chi connectivity index (χ0) is 12.1. The molecule has 2 N–H and O–H groups in total. The van der Waals surface area contributed by atoms with Crippen LogP contribution in [0.5, 0.6) is 0 Å². The second-order valence-electron chi connectivity index (χ2n) is 3.43. The van der Waals surface area contributed by atoms with E-state index in [0.717, 1.165) is 5.69 Å². The maximum absolute atomic E-state index is 11.6. The van der Waals surface area contributed by atoms with Crippen molar-refractivity contribution >= 4 is 11.8 Å². The van der Waals surface area contributed by atoms with Crippen LogP contribution in [0.1, 0.15) is 23.1 Å². The lowest BCUT2D eigenvalue weighted by atomic mass is 10.3. The fourth-order valence-electron chi connectivity index (χ4n) is 1.33. The number of aromatic nitrogens is 2. The first kappa shape index (κ1) is 12.2. The van der Waals surface area contributed by atoms with Crippen LogP contribution in [0.2, 0.25) is 0 Å². The minimum Gasteiger partial charge on any atom is -0.355 e. The Balaban J connectivity index is 2.53. The van der Waals surface area contributed by atoms with Crippen molar-refractivity contribution in [2.45, 2.75) is 13.8 Å². The summed E-state index contributed by atoms with van der Waals surface area (Å²) in [5.41, 5.74) is 1.22. The lowest BCUT2D eigenvalue weighted by Gasteiger charge is -2.04. The van der Waals surface area contributed by atoms with E-state index < -0.39 is 0 Å². The molecule has 6 nitrogen and oxygen atoms in total. The first-order valence-corrected chi connectivity index (χ1v) is 5.10. The van der Waals surface area contributed by atoms with Crippen LogP contribution in [-0.4, -0.2) is 34.7 Å². The maximum Gasteiger partial charge on any atom is 0.269 e. The normalized spacial score (nSPS) is 9.94. The number of hydrogen-bond donors (Lipinski definition) is 2. The molecule has 0 aliphatic rings. The number of amides is 2. The molecule has 0 radical (unpaired) electrons. The Morgan fingerprint density at radius 1 is 1.44 bits per heavy atom. The summed E-state index contributed by atoms with van der Waals surface area (Å²) in [6, 6.07) is 1.67. The van der Waals surface area contributed by atoms with E-state index in [1.165, 1.54) is 4.68 Å². The van der Waals surface area contributed by atoms with Crippen molar-refractivity contribution in [3.05, 3.63) is 17.5 Å². The van der Waals surface area contributed by atoms with Crippen molar-refractivity contribution in [1.29, 1.82) is 0 Å². The fourth-order valence-corrected chi connectivity index (χ4v) is 1.33. The lowest BCUT2D eigenvalue weighted by molar-refractivity contribution is -0.120. The van der Waals surface area contributed by atoms with E-state index in [-0.39, 0.29) is 18.4 Å². The van der Waals surface area contributed by atoms with Gasteiger partial charge < -0.3 is 10.6 Å². The minimum atomic E-state index is -0.297. The third-order valence-electron chi connectivity index (χ3n) is 2.02. The molecule has 0 fully saturated rings.